The molecule has 0 aromatic heterocycles. The minimum atomic E-state index is -2.08. The van der Waals surface area contributed by atoms with E-state index in [1.807, 2.05) is 51.1 Å². The summed E-state index contributed by atoms with van der Waals surface area (Å²) < 4.78 is 17.8. The molecule has 1 saturated heterocycles. The Morgan fingerprint density at radius 3 is 2.19 bits per heavy atom. The quantitative estimate of drug-likeness (QED) is 0.437. The van der Waals surface area contributed by atoms with Crippen molar-refractivity contribution < 1.29 is 23.5 Å². The molecule has 6 nitrogen and oxygen atoms in total. The summed E-state index contributed by atoms with van der Waals surface area (Å²) in [5, 5.41) is 0.0244. The second kappa shape index (κ2) is 8.94. The first-order valence-electron chi connectivity index (χ1n) is 10.9. The van der Waals surface area contributed by atoms with Crippen LogP contribution in [0.4, 0.5) is 4.79 Å². The Kier molecular flexibility index (Phi) is 7.33. The number of rotatable bonds is 5. The van der Waals surface area contributed by atoms with Crippen molar-refractivity contribution in [1.29, 1.82) is 0 Å². The predicted octanol–water partition coefficient (Wildman–Crippen LogP) is 5.52. The molecule has 1 aromatic carbocycles. The topological polar surface area (TPSA) is 65.1 Å². The number of esters is 1. The largest absolute Gasteiger partial charge is 0.459 e. The zero-order chi connectivity index (χ0) is 23.7. The molecule has 1 unspecified atom stereocenters. The van der Waals surface area contributed by atoms with E-state index in [2.05, 4.69) is 33.9 Å². The van der Waals surface area contributed by atoms with Crippen LogP contribution in [0.25, 0.3) is 0 Å². The number of likely N-dealkylation sites (tertiary alicyclic amines) is 1. The lowest BCUT2D eigenvalue weighted by Gasteiger charge is -2.38. The van der Waals surface area contributed by atoms with E-state index < -0.39 is 31.5 Å². The molecule has 0 radical (unpaired) electrons. The number of carbonyl (C=O) groups excluding carboxylic acids is 2. The van der Waals surface area contributed by atoms with Crippen LogP contribution in [0.15, 0.2) is 30.3 Å². The molecule has 0 bridgehead atoms. The Bertz CT molecular complexity index is 781. The molecular formula is C24H39NO5Si. The maximum Gasteiger partial charge on any atom is 0.411 e. The van der Waals surface area contributed by atoms with E-state index in [9.17, 15) is 9.59 Å². The van der Waals surface area contributed by atoms with Crippen molar-refractivity contribution in [2.75, 3.05) is 6.54 Å². The van der Waals surface area contributed by atoms with Gasteiger partial charge in [0.25, 0.3) is 0 Å². The lowest BCUT2D eigenvalue weighted by Crippen LogP contribution is -2.52. The summed E-state index contributed by atoms with van der Waals surface area (Å²) in [6.45, 7) is 18.5. The maximum atomic E-state index is 13.2. The third-order valence-corrected chi connectivity index (χ3v) is 10.7. The molecule has 1 aromatic rings. The van der Waals surface area contributed by atoms with E-state index in [-0.39, 0.29) is 17.7 Å². The molecule has 1 aliphatic heterocycles. The van der Waals surface area contributed by atoms with Crippen molar-refractivity contribution in [2.45, 2.75) is 96.9 Å². The highest BCUT2D eigenvalue weighted by atomic mass is 28.4. The molecule has 2 atom stereocenters. The fraction of sp³-hybridized carbons (Fsp3) is 0.667. The average Bonchev–Trinajstić information content (AvgIpc) is 2.95. The summed E-state index contributed by atoms with van der Waals surface area (Å²) in [6.07, 6.45) is -0.387. The van der Waals surface area contributed by atoms with Crippen molar-refractivity contribution in [3.8, 4) is 0 Å². The van der Waals surface area contributed by atoms with E-state index in [1.54, 1.807) is 6.92 Å². The number of carbonyl (C=O) groups is 2. The summed E-state index contributed by atoms with van der Waals surface area (Å²) in [4.78, 5) is 27.7. The van der Waals surface area contributed by atoms with Crippen LogP contribution in [0.1, 0.15) is 60.5 Å². The fourth-order valence-corrected chi connectivity index (χ4v) is 4.71. The highest BCUT2D eigenvalue weighted by Gasteiger charge is 2.54. The van der Waals surface area contributed by atoms with Gasteiger partial charge >= 0.3 is 12.1 Å². The molecule has 1 aliphatic rings. The first kappa shape index (κ1) is 25.4. The van der Waals surface area contributed by atoms with Gasteiger partial charge in [-0.05, 0) is 51.4 Å². The van der Waals surface area contributed by atoms with Crippen molar-refractivity contribution in [2.24, 2.45) is 0 Å². The normalized spacial score (nSPS) is 22.4. The van der Waals surface area contributed by atoms with E-state index in [1.165, 1.54) is 4.90 Å². The highest BCUT2D eigenvalue weighted by Crippen LogP contribution is 2.41. The van der Waals surface area contributed by atoms with Gasteiger partial charge in [-0.2, -0.15) is 0 Å². The fourth-order valence-electron chi connectivity index (χ4n) is 3.36. The SMILES string of the molecule is CC(C)(C)OC(=O)N1C[C@@H](O[Si](C)(C)C(C)(C)C)CC1(C)C(=O)OCc1ccccc1. The molecule has 2 rings (SSSR count). The summed E-state index contributed by atoms with van der Waals surface area (Å²) in [5.41, 5.74) is -0.913. The number of hydrogen-bond acceptors (Lipinski definition) is 5. The molecule has 7 heteroatoms. The predicted molar refractivity (Wildman–Crippen MR) is 124 cm³/mol. The Hall–Kier alpha value is -1.86. The van der Waals surface area contributed by atoms with Crippen molar-refractivity contribution in [1.82, 2.24) is 4.90 Å². The van der Waals surface area contributed by atoms with Crippen LogP contribution >= 0.6 is 0 Å². The second-order valence-corrected chi connectivity index (χ2v) is 15.9. The van der Waals surface area contributed by atoms with Gasteiger partial charge in [0.05, 0.1) is 12.6 Å². The first-order chi connectivity index (χ1) is 14.1. The third-order valence-electron chi connectivity index (χ3n) is 6.14. The molecule has 1 fully saturated rings. The van der Waals surface area contributed by atoms with Crippen LogP contribution in [-0.4, -0.2) is 49.1 Å². The van der Waals surface area contributed by atoms with Gasteiger partial charge in [-0.25, -0.2) is 9.59 Å². The van der Waals surface area contributed by atoms with Crippen LogP contribution in [0.5, 0.6) is 0 Å². The van der Waals surface area contributed by atoms with Crippen LogP contribution in [0, 0.1) is 0 Å². The van der Waals surface area contributed by atoms with Gasteiger partial charge in [0, 0.05) is 6.42 Å². The number of amides is 1. The summed E-state index contributed by atoms with van der Waals surface area (Å²) >= 11 is 0. The summed E-state index contributed by atoms with van der Waals surface area (Å²) in [6, 6.07) is 9.52. The molecule has 0 N–H and O–H groups in total. The van der Waals surface area contributed by atoms with Crippen molar-refractivity contribution in [3.05, 3.63) is 35.9 Å². The van der Waals surface area contributed by atoms with Gasteiger partial charge in [0.1, 0.15) is 17.7 Å². The van der Waals surface area contributed by atoms with Gasteiger partial charge in [0.15, 0.2) is 8.32 Å². The maximum absolute atomic E-state index is 13.2. The molecule has 0 spiro atoms. The van der Waals surface area contributed by atoms with Crippen molar-refractivity contribution in [3.63, 3.8) is 0 Å². The lowest BCUT2D eigenvalue weighted by atomic mass is 9.98. The third kappa shape index (κ3) is 6.32. The number of nitrogens with zero attached hydrogens (tertiary/aromatic N) is 1. The van der Waals surface area contributed by atoms with Crippen LogP contribution in [0.2, 0.25) is 18.1 Å². The zero-order valence-electron chi connectivity index (χ0n) is 20.6. The van der Waals surface area contributed by atoms with Crippen molar-refractivity contribution >= 4 is 20.4 Å². The molecular weight excluding hydrogens is 410 g/mol. The number of ether oxygens (including phenoxy) is 2. The van der Waals surface area contributed by atoms with Gasteiger partial charge in [-0.3, -0.25) is 4.90 Å². The van der Waals surface area contributed by atoms with Crippen LogP contribution < -0.4 is 0 Å². The van der Waals surface area contributed by atoms with Gasteiger partial charge in [0.2, 0.25) is 0 Å². The van der Waals surface area contributed by atoms with Gasteiger partial charge in [-0.1, -0.05) is 51.1 Å². The van der Waals surface area contributed by atoms with Crippen LogP contribution in [-0.2, 0) is 25.3 Å². The molecule has 31 heavy (non-hydrogen) atoms. The lowest BCUT2D eigenvalue weighted by molar-refractivity contribution is -0.156. The zero-order valence-corrected chi connectivity index (χ0v) is 21.6. The van der Waals surface area contributed by atoms with E-state index in [4.69, 9.17) is 13.9 Å². The van der Waals surface area contributed by atoms with E-state index >= 15 is 0 Å². The Balaban J connectivity index is 2.24. The first-order valence-corrected chi connectivity index (χ1v) is 13.9. The smallest absolute Gasteiger partial charge is 0.411 e. The highest BCUT2D eigenvalue weighted by molar-refractivity contribution is 6.74. The monoisotopic (exact) mass is 449 g/mol. The Labute approximate surface area is 188 Å². The van der Waals surface area contributed by atoms with Gasteiger partial charge < -0.3 is 13.9 Å². The molecule has 1 heterocycles. The second-order valence-electron chi connectivity index (χ2n) is 11.1. The number of benzene rings is 1. The minimum Gasteiger partial charge on any atom is -0.459 e. The standard InChI is InChI=1S/C24H39NO5Si/c1-22(2,3)29-21(27)25-16-19(30-31(8,9)23(4,5)6)15-24(25,7)20(26)28-17-18-13-11-10-12-14-18/h10-14,19H,15-17H2,1-9H3/t19-,24?/m0/s1. The summed E-state index contributed by atoms with van der Waals surface area (Å²) in [5.74, 6) is -0.441. The molecule has 1 amide bonds. The van der Waals surface area contributed by atoms with Gasteiger partial charge in [-0.15, -0.1) is 0 Å². The van der Waals surface area contributed by atoms with Crippen LogP contribution in [0.3, 0.4) is 0 Å². The van der Waals surface area contributed by atoms with E-state index in [0.29, 0.717) is 13.0 Å². The Morgan fingerprint density at radius 1 is 1.10 bits per heavy atom. The molecule has 174 valence electrons. The number of hydrogen-bond donors (Lipinski definition) is 0. The average molecular weight is 450 g/mol. The molecule has 0 aliphatic carbocycles. The molecule has 0 saturated carbocycles. The summed E-state index contributed by atoms with van der Waals surface area (Å²) in [7, 11) is -2.08. The minimum absolute atomic E-state index is 0.0244. The Morgan fingerprint density at radius 2 is 1.68 bits per heavy atom. The van der Waals surface area contributed by atoms with E-state index in [0.717, 1.165) is 5.56 Å².